The highest BCUT2D eigenvalue weighted by atomic mass is 16.4. The summed E-state index contributed by atoms with van der Waals surface area (Å²) in [4.78, 5) is 10.7. The van der Waals surface area contributed by atoms with E-state index in [9.17, 15) is 9.90 Å². The molecular formula is C10H13NO3. The van der Waals surface area contributed by atoms with Crippen molar-refractivity contribution in [3.63, 3.8) is 0 Å². The fourth-order valence-corrected chi connectivity index (χ4v) is 3.13. The highest BCUT2D eigenvalue weighted by Crippen LogP contribution is 2.57. The minimum atomic E-state index is -1.51. The lowest BCUT2D eigenvalue weighted by Crippen LogP contribution is -2.43. The second-order valence-corrected chi connectivity index (χ2v) is 4.47. The van der Waals surface area contributed by atoms with Crippen molar-refractivity contribution in [2.75, 3.05) is 0 Å². The average molecular weight is 195 g/mol. The molecule has 0 amide bonds. The van der Waals surface area contributed by atoms with Gasteiger partial charge in [-0.05, 0) is 31.1 Å². The maximum Gasteiger partial charge on any atom is 0.334 e. The lowest BCUT2D eigenvalue weighted by atomic mass is 9.70. The number of aliphatic carboxylic acids is 1. The van der Waals surface area contributed by atoms with Gasteiger partial charge >= 0.3 is 5.97 Å². The molecule has 2 fully saturated rings. The van der Waals surface area contributed by atoms with E-state index in [0.29, 0.717) is 12.3 Å². The van der Waals surface area contributed by atoms with Gasteiger partial charge in [-0.3, -0.25) is 0 Å². The van der Waals surface area contributed by atoms with Crippen LogP contribution in [0.3, 0.4) is 0 Å². The minimum Gasteiger partial charge on any atom is -0.479 e. The summed E-state index contributed by atoms with van der Waals surface area (Å²) >= 11 is 0. The van der Waals surface area contributed by atoms with E-state index in [0.717, 1.165) is 19.3 Å². The van der Waals surface area contributed by atoms with E-state index in [1.807, 2.05) is 0 Å². The predicted octanol–water partition coefficient (Wildman–Crippen LogP) is 0.762. The number of aliphatic hydroxyl groups is 1. The number of nitriles is 1. The molecule has 14 heavy (non-hydrogen) atoms. The monoisotopic (exact) mass is 195 g/mol. The average Bonchev–Trinajstić information content (AvgIpc) is 2.75. The summed E-state index contributed by atoms with van der Waals surface area (Å²) in [5, 5.41) is 27.4. The summed E-state index contributed by atoms with van der Waals surface area (Å²) in [6.07, 6.45) is 1.94. The van der Waals surface area contributed by atoms with Gasteiger partial charge in [0, 0.05) is 0 Å². The molecule has 2 bridgehead atoms. The fraction of sp³-hybridized carbons (Fsp3) is 0.800. The number of hydrogen-bond acceptors (Lipinski definition) is 3. The molecule has 0 aliphatic heterocycles. The summed E-state index contributed by atoms with van der Waals surface area (Å²) in [6, 6.07) is 2.06. The molecule has 2 aliphatic rings. The molecule has 4 unspecified atom stereocenters. The molecule has 0 heterocycles. The number of carboxylic acid groups (broad SMARTS) is 1. The van der Waals surface area contributed by atoms with Crippen LogP contribution < -0.4 is 0 Å². The molecule has 0 saturated heterocycles. The Kier molecular flexibility index (Phi) is 2.00. The molecule has 2 aliphatic carbocycles. The molecule has 2 N–H and O–H groups in total. The Morgan fingerprint density at radius 1 is 1.57 bits per heavy atom. The first-order valence-electron chi connectivity index (χ1n) is 4.92. The number of aliphatic hydroxyl groups excluding tert-OH is 1. The first-order chi connectivity index (χ1) is 6.60. The van der Waals surface area contributed by atoms with Crippen LogP contribution in [-0.4, -0.2) is 22.3 Å². The van der Waals surface area contributed by atoms with Crippen LogP contribution >= 0.6 is 0 Å². The SMILES string of the molecule is N#CC1(C(O)C(=O)O)CC2CCC1C2. The van der Waals surface area contributed by atoms with Gasteiger partial charge in [0.1, 0.15) is 0 Å². The zero-order chi connectivity index (χ0) is 10.3. The number of hydrogen-bond donors (Lipinski definition) is 2. The van der Waals surface area contributed by atoms with E-state index < -0.39 is 17.5 Å². The van der Waals surface area contributed by atoms with Crippen molar-refractivity contribution in [2.24, 2.45) is 17.3 Å². The van der Waals surface area contributed by atoms with Crippen LogP contribution in [0.2, 0.25) is 0 Å². The lowest BCUT2D eigenvalue weighted by molar-refractivity contribution is -0.154. The molecule has 2 rings (SSSR count). The van der Waals surface area contributed by atoms with Gasteiger partial charge in [-0.15, -0.1) is 0 Å². The lowest BCUT2D eigenvalue weighted by Gasteiger charge is -2.32. The maximum atomic E-state index is 10.7. The van der Waals surface area contributed by atoms with Crippen molar-refractivity contribution < 1.29 is 15.0 Å². The van der Waals surface area contributed by atoms with Crippen molar-refractivity contribution in [3.8, 4) is 6.07 Å². The molecule has 4 heteroatoms. The number of nitrogens with zero attached hydrogens (tertiary/aromatic N) is 1. The highest BCUT2D eigenvalue weighted by Gasteiger charge is 2.57. The third-order valence-corrected chi connectivity index (χ3v) is 3.83. The van der Waals surface area contributed by atoms with E-state index in [1.54, 1.807) is 0 Å². The summed E-state index contributed by atoms with van der Waals surface area (Å²) in [6.45, 7) is 0. The second-order valence-electron chi connectivity index (χ2n) is 4.47. The van der Waals surface area contributed by atoms with Crippen molar-refractivity contribution in [3.05, 3.63) is 0 Å². The van der Waals surface area contributed by atoms with Crippen LogP contribution in [0.4, 0.5) is 0 Å². The van der Waals surface area contributed by atoms with Gasteiger partial charge in [-0.1, -0.05) is 6.42 Å². The van der Waals surface area contributed by atoms with E-state index in [1.165, 1.54) is 0 Å². The summed E-state index contributed by atoms with van der Waals surface area (Å²) in [7, 11) is 0. The Morgan fingerprint density at radius 3 is 2.64 bits per heavy atom. The van der Waals surface area contributed by atoms with E-state index in [2.05, 4.69) is 6.07 Å². The number of rotatable bonds is 2. The van der Waals surface area contributed by atoms with Crippen LogP contribution in [0.25, 0.3) is 0 Å². The molecule has 2 saturated carbocycles. The summed E-state index contributed by atoms with van der Waals surface area (Å²) in [5.74, 6) is -0.726. The third kappa shape index (κ3) is 1.05. The normalized spacial score (nSPS) is 42.0. The number of carbonyl (C=O) groups is 1. The molecule has 0 spiro atoms. The van der Waals surface area contributed by atoms with Crippen molar-refractivity contribution in [2.45, 2.75) is 31.8 Å². The van der Waals surface area contributed by atoms with Gasteiger partial charge in [-0.2, -0.15) is 5.26 Å². The van der Waals surface area contributed by atoms with Gasteiger partial charge in [0.25, 0.3) is 0 Å². The van der Waals surface area contributed by atoms with Gasteiger partial charge in [0.05, 0.1) is 11.5 Å². The van der Waals surface area contributed by atoms with E-state index in [-0.39, 0.29) is 5.92 Å². The quantitative estimate of drug-likeness (QED) is 0.681. The molecule has 0 radical (unpaired) electrons. The Bertz CT molecular complexity index is 309. The number of fused-ring (bicyclic) bond motifs is 2. The van der Waals surface area contributed by atoms with E-state index >= 15 is 0 Å². The highest BCUT2D eigenvalue weighted by molar-refractivity contribution is 5.74. The Balaban J connectivity index is 2.28. The van der Waals surface area contributed by atoms with Crippen LogP contribution in [-0.2, 0) is 4.79 Å². The minimum absolute atomic E-state index is 0.0867. The smallest absolute Gasteiger partial charge is 0.334 e. The molecule has 0 aromatic carbocycles. The first-order valence-corrected chi connectivity index (χ1v) is 4.92. The summed E-state index contributed by atoms with van der Waals surface area (Å²) < 4.78 is 0. The van der Waals surface area contributed by atoms with Gasteiger partial charge < -0.3 is 10.2 Å². The summed E-state index contributed by atoms with van der Waals surface area (Å²) in [5.41, 5.74) is -1.01. The molecular weight excluding hydrogens is 182 g/mol. The molecule has 0 aromatic heterocycles. The molecule has 76 valence electrons. The molecule has 0 aromatic rings. The third-order valence-electron chi connectivity index (χ3n) is 3.83. The van der Waals surface area contributed by atoms with Gasteiger partial charge in [0.15, 0.2) is 6.10 Å². The maximum absolute atomic E-state index is 10.7. The van der Waals surface area contributed by atoms with E-state index in [4.69, 9.17) is 10.4 Å². The standard InChI is InChI=1S/C10H13NO3/c11-5-10(8(12)9(13)14)4-6-1-2-7(10)3-6/h6-8,12H,1-4H2,(H,13,14). The Hall–Kier alpha value is -1.08. The Morgan fingerprint density at radius 2 is 2.29 bits per heavy atom. The van der Waals surface area contributed by atoms with Crippen molar-refractivity contribution >= 4 is 5.97 Å². The van der Waals surface area contributed by atoms with Crippen molar-refractivity contribution in [1.82, 2.24) is 0 Å². The van der Waals surface area contributed by atoms with Crippen molar-refractivity contribution in [1.29, 1.82) is 5.26 Å². The second kappa shape index (κ2) is 2.96. The molecule has 4 nitrogen and oxygen atoms in total. The number of carboxylic acids is 1. The van der Waals surface area contributed by atoms with Crippen LogP contribution in [0.5, 0.6) is 0 Å². The van der Waals surface area contributed by atoms with Crippen LogP contribution in [0.15, 0.2) is 0 Å². The van der Waals surface area contributed by atoms with Crippen LogP contribution in [0, 0.1) is 28.6 Å². The Labute approximate surface area is 82.2 Å². The first kappa shape index (κ1) is 9.47. The van der Waals surface area contributed by atoms with Gasteiger partial charge in [-0.25, -0.2) is 4.79 Å². The van der Waals surface area contributed by atoms with Crippen LogP contribution in [0.1, 0.15) is 25.7 Å². The predicted molar refractivity (Wildman–Crippen MR) is 47.1 cm³/mol. The fourth-order valence-electron chi connectivity index (χ4n) is 3.13. The largest absolute Gasteiger partial charge is 0.479 e. The topological polar surface area (TPSA) is 81.3 Å². The zero-order valence-corrected chi connectivity index (χ0v) is 7.81. The zero-order valence-electron chi connectivity index (χ0n) is 7.81. The van der Waals surface area contributed by atoms with Gasteiger partial charge in [0.2, 0.25) is 0 Å². The molecule has 4 atom stereocenters.